The number of carbonyl (C=O) groups is 1. The zero-order chi connectivity index (χ0) is 25.5. The number of hydrogen-bond donors (Lipinski definition) is 1. The Morgan fingerprint density at radius 2 is 1.89 bits per heavy atom. The molecule has 0 saturated carbocycles. The first-order chi connectivity index (χ1) is 17.1. The van der Waals surface area contributed by atoms with Crippen LogP contribution in [0, 0.1) is 0 Å². The molecule has 3 aromatic rings. The number of rotatable bonds is 5. The molecule has 1 N–H and O–H groups in total. The fourth-order valence-corrected chi connectivity index (χ4v) is 5.58. The molecule has 2 aliphatic heterocycles. The van der Waals surface area contributed by atoms with Gasteiger partial charge in [0.2, 0.25) is 5.91 Å². The molecule has 36 heavy (non-hydrogen) atoms. The minimum absolute atomic E-state index is 0.0529. The maximum Gasteiger partial charge on any atom is 0.416 e. The summed E-state index contributed by atoms with van der Waals surface area (Å²) >= 11 is 0. The molecule has 0 bridgehead atoms. The third kappa shape index (κ3) is 4.60. The zero-order valence-electron chi connectivity index (χ0n) is 18.8. The summed E-state index contributed by atoms with van der Waals surface area (Å²) in [5.41, 5.74) is 0.602. The number of ether oxygens (including phenoxy) is 1. The van der Waals surface area contributed by atoms with Crippen LogP contribution in [0.2, 0.25) is 0 Å². The summed E-state index contributed by atoms with van der Waals surface area (Å²) in [6, 6.07) is 9.25. The molecule has 0 aliphatic carbocycles. The van der Waals surface area contributed by atoms with E-state index < -0.39 is 21.8 Å². The van der Waals surface area contributed by atoms with Crippen molar-refractivity contribution >= 4 is 27.4 Å². The molecule has 1 atom stereocenters. The minimum atomic E-state index is -4.55. The number of alkyl halides is 3. The van der Waals surface area contributed by atoms with Gasteiger partial charge in [0.25, 0.3) is 10.0 Å². The number of fused-ring (bicyclic) bond motifs is 1. The monoisotopic (exact) mass is 518 g/mol. The average molecular weight is 519 g/mol. The highest BCUT2D eigenvalue weighted by Gasteiger charge is 2.35. The van der Waals surface area contributed by atoms with Crippen LogP contribution < -0.4 is 14.4 Å². The SMILES string of the molecule is O=C1CCCN1c1cc(C(F)(F)F)ccc1[C@H]1CCOc2cc(S(=O)(=O)Nc3ccncn3)ccc21. The molecule has 0 radical (unpaired) electrons. The van der Waals surface area contributed by atoms with E-state index in [-0.39, 0.29) is 41.3 Å². The van der Waals surface area contributed by atoms with Crippen LogP contribution in [0.4, 0.5) is 24.7 Å². The van der Waals surface area contributed by atoms with Gasteiger partial charge in [-0.2, -0.15) is 13.2 Å². The number of amides is 1. The van der Waals surface area contributed by atoms with Crippen LogP contribution in [-0.2, 0) is 21.0 Å². The van der Waals surface area contributed by atoms with Crippen molar-refractivity contribution in [1.82, 2.24) is 9.97 Å². The van der Waals surface area contributed by atoms with Gasteiger partial charge < -0.3 is 9.64 Å². The fourth-order valence-electron chi connectivity index (χ4n) is 4.56. The summed E-state index contributed by atoms with van der Waals surface area (Å²) < 4.78 is 74.3. The molecule has 3 heterocycles. The third-order valence-electron chi connectivity index (χ3n) is 6.25. The molecular formula is C24H21F3N4O4S. The Morgan fingerprint density at radius 1 is 1.08 bits per heavy atom. The predicted molar refractivity (Wildman–Crippen MR) is 124 cm³/mol. The lowest BCUT2D eigenvalue weighted by molar-refractivity contribution is -0.137. The standard InChI is InChI=1S/C24H21F3N4O4S/c25-24(26,27)15-3-5-18(20(12-15)31-10-1-2-23(31)32)17-8-11-35-21-13-16(4-6-19(17)21)36(33,34)30-22-7-9-28-14-29-22/h3-7,9,12-14,17H,1-2,8,10-11H2,(H,28,29,30)/t17-/m1/s1. The number of anilines is 2. The fraction of sp³-hybridized carbons (Fsp3) is 0.292. The number of halogens is 3. The maximum atomic E-state index is 13.5. The largest absolute Gasteiger partial charge is 0.493 e. The van der Waals surface area contributed by atoms with Gasteiger partial charge in [-0.05, 0) is 42.7 Å². The first kappa shape index (κ1) is 24.0. The van der Waals surface area contributed by atoms with Crippen LogP contribution in [0.25, 0.3) is 0 Å². The molecule has 1 aromatic heterocycles. The molecule has 2 aromatic carbocycles. The zero-order valence-corrected chi connectivity index (χ0v) is 19.6. The Bertz CT molecular complexity index is 1410. The topological polar surface area (TPSA) is 101 Å². The van der Waals surface area contributed by atoms with Crippen molar-refractivity contribution in [2.24, 2.45) is 0 Å². The first-order valence-electron chi connectivity index (χ1n) is 11.2. The minimum Gasteiger partial charge on any atom is -0.493 e. The number of nitrogens with zero attached hydrogens (tertiary/aromatic N) is 3. The summed E-state index contributed by atoms with van der Waals surface area (Å²) in [5.74, 6) is -0.187. The van der Waals surface area contributed by atoms with Gasteiger partial charge >= 0.3 is 6.18 Å². The van der Waals surface area contributed by atoms with Gasteiger partial charge in [-0.3, -0.25) is 9.52 Å². The number of benzene rings is 2. The quantitative estimate of drug-likeness (QED) is 0.539. The van der Waals surface area contributed by atoms with Crippen LogP contribution in [0.15, 0.2) is 59.9 Å². The van der Waals surface area contributed by atoms with E-state index in [9.17, 15) is 26.4 Å². The molecular weight excluding hydrogens is 497 g/mol. The van der Waals surface area contributed by atoms with E-state index in [0.717, 1.165) is 12.1 Å². The van der Waals surface area contributed by atoms with Crippen LogP contribution in [0.1, 0.15) is 41.9 Å². The lowest BCUT2D eigenvalue weighted by atomic mass is 9.85. The van der Waals surface area contributed by atoms with E-state index >= 15 is 0 Å². The van der Waals surface area contributed by atoms with E-state index in [1.807, 2.05) is 0 Å². The van der Waals surface area contributed by atoms with Crippen molar-refractivity contribution in [2.75, 3.05) is 22.8 Å². The number of carbonyl (C=O) groups excluding carboxylic acids is 1. The highest BCUT2D eigenvalue weighted by molar-refractivity contribution is 7.92. The Balaban J connectivity index is 1.53. The Labute approximate surface area is 205 Å². The number of aromatic nitrogens is 2. The molecule has 2 aliphatic rings. The molecule has 1 fully saturated rings. The van der Waals surface area contributed by atoms with Gasteiger partial charge in [-0.15, -0.1) is 0 Å². The molecule has 0 spiro atoms. The normalized spacial score (nSPS) is 18.0. The van der Waals surface area contributed by atoms with Crippen LogP contribution >= 0.6 is 0 Å². The summed E-state index contributed by atoms with van der Waals surface area (Å²) in [7, 11) is -3.98. The smallest absolute Gasteiger partial charge is 0.416 e. The molecule has 12 heteroatoms. The van der Waals surface area contributed by atoms with Gasteiger partial charge in [-0.1, -0.05) is 12.1 Å². The van der Waals surface area contributed by atoms with Gasteiger partial charge in [-0.25, -0.2) is 18.4 Å². The van der Waals surface area contributed by atoms with E-state index in [0.29, 0.717) is 36.3 Å². The van der Waals surface area contributed by atoms with E-state index in [1.165, 1.54) is 41.7 Å². The number of nitrogens with one attached hydrogen (secondary N) is 1. The highest BCUT2D eigenvalue weighted by Crippen LogP contribution is 2.45. The average Bonchev–Trinajstić information content (AvgIpc) is 3.28. The summed E-state index contributed by atoms with van der Waals surface area (Å²) in [6.45, 7) is 0.573. The molecule has 1 amide bonds. The van der Waals surface area contributed by atoms with E-state index in [1.54, 1.807) is 6.07 Å². The Hall–Kier alpha value is -3.67. The molecule has 188 valence electrons. The second-order valence-electron chi connectivity index (χ2n) is 8.51. The lowest BCUT2D eigenvalue weighted by Gasteiger charge is -2.30. The van der Waals surface area contributed by atoms with Gasteiger partial charge in [0, 0.05) is 42.4 Å². The maximum absolute atomic E-state index is 13.5. The van der Waals surface area contributed by atoms with Gasteiger partial charge in [0.1, 0.15) is 17.9 Å². The van der Waals surface area contributed by atoms with Crippen molar-refractivity contribution < 1.29 is 31.1 Å². The predicted octanol–water partition coefficient (Wildman–Crippen LogP) is 4.34. The Morgan fingerprint density at radius 3 is 2.58 bits per heavy atom. The molecule has 0 unspecified atom stereocenters. The van der Waals surface area contributed by atoms with Crippen molar-refractivity contribution in [3.05, 3.63) is 71.7 Å². The van der Waals surface area contributed by atoms with Crippen molar-refractivity contribution in [1.29, 1.82) is 0 Å². The van der Waals surface area contributed by atoms with Crippen molar-refractivity contribution in [3.8, 4) is 5.75 Å². The highest BCUT2D eigenvalue weighted by atomic mass is 32.2. The van der Waals surface area contributed by atoms with Crippen LogP contribution in [0.3, 0.4) is 0 Å². The molecule has 1 saturated heterocycles. The second kappa shape index (κ2) is 9.08. The molecule has 8 nitrogen and oxygen atoms in total. The van der Waals surface area contributed by atoms with Gasteiger partial charge in [0.05, 0.1) is 17.1 Å². The van der Waals surface area contributed by atoms with Crippen LogP contribution in [0.5, 0.6) is 5.75 Å². The van der Waals surface area contributed by atoms with E-state index in [4.69, 9.17) is 4.74 Å². The summed E-state index contributed by atoms with van der Waals surface area (Å²) in [5, 5.41) is 0. The van der Waals surface area contributed by atoms with E-state index in [2.05, 4.69) is 14.7 Å². The first-order valence-corrected chi connectivity index (χ1v) is 12.7. The van der Waals surface area contributed by atoms with Crippen molar-refractivity contribution in [2.45, 2.75) is 36.3 Å². The van der Waals surface area contributed by atoms with Crippen LogP contribution in [-0.4, -0.2) is 37.4 Å². The Kier molecular flexibility index (Phi) is 6.07. The summed E-state index contributed by atoms with van der Waals surface area (Å²) in [6.07, 6.45) is -0.633. The van der Waals surface area contributed by atoms with Gasteiger partial charge in [0.15, 0.2) is 0 Å². The molecule has 5 rings (SSSR count). The summed E-state index contributed by atoms with van der Waals surface area (Å²) in [4.78, 5) is 21.4. The third-order valence-corrected chi connectivity index (χ3v) is 7.61. The number of sulfonamides is 1. The lowest BCUT2D eigenvalue weighted by Crippen LogP contribution is -2.27. The van der Waals surface area contributed by atoms with Crippen molar-refractivity contribution in [3.63, 3.8) is 0 Å². The number of hydrogen-bond acceptors (Lipinski definition) is 6. The second-order valence-corrected chi connectivity index (χ2v) is 10.2.